The maximum Gasteiger partial charge on any atom is 0.313 e. The highest BCUT2D eigenvalue weighted by Crippen LogP contribution is 2.22. The standard InChI is InChI=1S/C12H11N3O2S/c13-9-6-10(18-7-11(16)17)15-12(14-9)8-4-2-1-3-5-8/h1-6H,7H2,(H,16,17)(H2,13,14,15). The molecule has 0 aliphatic carbocycles. The first-order valence-electron chi connectivity index (χ1n) is 5.20. The van der Waals surface area contributed by atoms with Crippen LogP contribution in [0.25, 0.3) is 11.4 Å². The van der Waals surface area contributed by atoms with Crippen molar-refractivity contribution in [3.63, 3.8) is 0 Å². The monoisotopic (exact) mass is 261 g/mol. The number of hydrogen-bond acceptors (Lipinski definition) is 5. The molecular formula is C12H11N3O2S. The highest BCUT2D eigenvalue weighted by Gasteiger charge is 2.07. The van der Waals surface area contributed by atoms with Crippen LogP contribution in [0.1, 0.15) is 0 Å². The van der Waals surface area contributed by atoms with Gasteiger partial charge in [-0.05, 0) is 0 Å². The van der Waals surface area contributed by atoms with Crippen molar-refractivity contribution >= 4 is 23.5 Å². The van der Waals surface area contributed by atoms with Gasteiger partial charge in [-0.25, -0.2) is 9.97 Å². The van der Waals surface area contributed by atoms with Crippen LogP contribution in [0.4, 0.5) is 5.82 Å². The van der Waals surface area contributed by atoms with E-state index in [2.05, 4.69) is 9.97 Å². The zero-order chi connectivity index (χ0) is 13.0. The summed E-state index contributed by atoms with van der Waals surface area (Å²) in [6.07, 6.45) is 0. The number of carbonyl (C=O) groups is 1. The van der Waals surface area contributed by atoms with Gasteiger partial charge in [0.25, 0.3) is 0 Å². The molecule has 3 N–H and O–H groups in total. The molecule has 1 aromatic heterocycles. The summed E-state index contributed by atoms with van der Waals surface area (Å²) in [7, 11) is 0. The molecule has 1 heterocycles. The zero-order valence-corrected chi connectivity index (χ0v) is 10.2. The third-order valence-corrected chi connectivity index (χ3v) is 2.99. The average Bonchev–Trinajstić information content (AvgIpc) is 2.37. The van der Waals surface area contributed by atoms with E-state index in [1.54, 1.807) is 6.07 Å². The summed E-state index contributed by atoms with van der Waals surface area (Å²) >= 11 is 1.12. The zero-order valence-electron chi connectivity index (χ0n) is 9.41. The highest BCUT2D eigenvalue weighted by atomic mass is 32.2. The van der Waals surface area contributed by atoms with Crippen molar-refractivity contribution < 1.29 is 9.90 Å². The quantitative estimate of drug-likeness (QED) is 0.645. The molecule has 18 heavy (non-hydrogen) atoms. The first kappa shape index (κ1) is 12.4. The number of anilines is 1. The first-order chi connectivity index (χ1) is 8.65. The predicted molar refractivity (Wildman–Crippen MR) is 70.2 cm³/mol. The molecule has 0 radical (unpaired) electrons. The van der Waals surface area contributed by atoms with Gasteiger partial charge in [-0.1, -0.05) is 42.1 Å². The minimum absolute atomic E-state index is 0.0509. The molecule has 0 spiro atoms. The van der Waals surface area contributed by atoms with Crippen LogP contribution in [0, 0.1) is 0 Å². The molecule has 0 saturated heterocycles. The third kappa shape index (κ3) is 3.21. The van der Waals surface area contributed by atoms with Gasteiger partial charge in [0.1, 0.15) is 10.8 Å². The SMILES string of the molecule is Nc1cc(SCC(=O)O)nc(-c2ccccc2)n1. The Hall–Kier alpha value is -2.08. The Bertz CT molecular complexity index is 561. The van der Waals surface area contributed by atoms with E-state index in [1.807, 2.05) is 30.3 Å². The molecule has 0 amide bonds. The number of thioether (sulfide) groups is 1. The molecule has 0 aliphatic heterocycles. The number of nitrogen functional groups attached to an aromatic ring is 1. The van der Waals surface area contributed by atoms with E-state index in [4.69, 9.17) is 10.8 Å². The van der Waals surface area contributed by atoms with Crippen molar-refractivity contribution in [3.05, 3.63) is 36.4 Å². The van der Waals surface area contributed by atoms with Crippen LogP contribution < -0.4 is 5.73 Å². The Morgan fingerprint density at radius 2 is 2.00 bits per heavy atom. The van der Waals surface area contributed by atoms with Crippen molar-refractivity contribution in [2.45, 2.75) is 5.03 Å². The summed E-state index contributed by atoms with van der Waals surface area (Å²) in [5, 5.41) is 9.19. The minimum Gasteiger partial charge on any atom is -0.481 e. The molecule has 0 saturated carbocycles. The van der Waals surface area contributed by atoms with Crippen LogP contribution in [0.2, 0.25) is 0 Å². The lowest BCUT2D eigenvalue weighted by Crippen LogP contribution is -2.01. The van der Waals surface area contributed by atoms with Gasteiger partial charge in [-0.2, -0.15) is 0 Å². The Morgan fingerprint density at radius 1 is 1.28 bits per heavy atom. The number of carboxylic acid groups (broad SMARTS) is 1. The highest BCUT2D eigenvalue weighted by molar-refractivity contribution is 7.99. The summed E-state index contributed by atoms with van der Waals surface area (Å²) in [5.41, 5.74) is 6.54. The normalized spacial score (nSPS) is 10.2. The lowest BCUT2D eigenvalue weighted by molar-refractivity contribution is -0.133. The Balaban J connectivity index is 2.29. The van der Waals surface area contributed by atoms with E-state index in [0.29, 0.717) is 16.7 Å². The number of rotatable bonds is 4. The number of aromatic nitrogens is 2. The minimum atomic E-state index is -0.890. The molecule has 0 unspecified atom stereocenters. The second-order valence-corrected chi connectivity index (χ2v) is 4.50. The second kappa shape index (κ2) is 5.50. The maximum atomic E-state index is 10.5. The Labute approximate surface area is 108 Å². The van der Waals surface area contributed by atoms with E-state index in [1.165, 1.54) is 0 Å². The van der Waals surface area contributed by atoms with E-state index in [-0.39, 0.29) is 5.75 Å². The molecular weight excluding hydrogens is 250 g/mol. The second-order valence-electron chi connectivity index (χ2n) is 3.50. The van der Waals surface area contributed by atoms with Gasteiger partial charge in [0, 0.05) is 11.6 Å². The summed E-state index contributed by atoms with van der Waals surface area (Å²) in [5.74, 6) is -0.108. The average molecular weight is 261 g/mol. The number of nitrogens with zero attached hydrogens (tertiary/aromatic N) is 2. The van der Waals surface area contributed by atoms with Crippen LogP contribution in [-0.2, 0) is 4.79 Å². The van der Waals surface area contributed by atoms with Gasteiger partial charge in [0.05, 0.1) is 5.75 Å². The van der Waals surface area contributed by atoms with Crippen molar-refractivity contribution in [3.8, 4) is 11.4 Å². The fraction of sp³-hybridized carbons (Fsp3) is 0.0833. The topological polar surface area (TPSA) is 89.1 Å². The van der Waals surface area contributed by atoms with Crippen molar-refractivity contribution in [2.75, 3.05) is 11.5 Å². The molecule has 92 valence electrons. The van der Waals surface area contributed by atoms with Crippen LogP contribution in [0.3, 0.4) is 0 Å². The molecule has 5 nitrogen and oxygen atoms in total. The van der Waals surface area contributed by atoms with Crippen molar-refractivity contribution in [1.82, 2.24) is 9.97 Å². The summed E-state index contributed by atoms with van der Waals surface area (Å²) in [6.45, 7) is 0. The van der Waals surface area contributed by atoms with Gasteiger partial charge in [0.15, 0.2) is 5.82 Å². The van der Waals surface area contributed by atoms with Gasteiger partial charge < -0.3 is 10.8 Å². The van der Waals surface area contributed by atoms with Crippen LogP contribution in [-0.4, -0.2) is 26.8 Å². The van der Waals surface area contributed by atoms with Gasteiger partial charge in [0.2, 0.25) is 0 Å². The number of carboxylic acids is 1. The lowest BCUT2D eigenvalue weighted by Gasteiger charge is -2.04. The Kier molecular flexibility index (Phi) is 3.78. The summed E-state index contributed by atoms with van der Waals surface area (Å²) in [6, 6.07) is 11.0. The number of nitrogens with two attached hydrogens (primary N) is 1. The van der Waals surface area contributed by atoms with E-state index in [0.717, 1.165) is 17.3 Å². The van der Waals surface area contributed by atoms with Crippen molar-refractivity contribution in [2.24, 2.45) is 0 Å². The van der Waals surface area contributed by atoms with E-state index in [9.17, 15) is 4.79 Å². The molecule has 0 bridgehead atoms. The van der Waals surface area contributed by atoms with Gasteiger partial charge >= 0.3 is 5.97 Å². The fourth-order valence-corrected chi connectivity index (χ4v) is 2.00. The van der Waals surface area contributed by atoms with Crippen LogP contribution in [0.15, 0.2) is 41.4 Å². The predicted octanol–water partition coefficient (Wildman–Crippen LogP) is 1.90. The van der Waals surface area contributed by atoms with Crippen molar-refractivity contribution in [1.29, 1.82) is 0 Å². The number of aliphatic carboxylic acids is 1. The van der Waals surface area contributed by atoms with E-state index < -0.39 is 5.97 Å². The largest absolute Gasteiger partial charge is 0.481 e. The summed E-state index contributed by atoms with van der Waals surface area (Å²) in [4.78, 5) is 18.9. The third-order valence-electron chi connectivity index (χ3n) is 2.10. The number of hydrogen-bond donors (Lipinski definition) is 2. The molecule has 1 aromatic carbocycles. The molecule has 0 aliphatic rings. The van der Waals surface area contributed by atoms with Crippen LogP contribution >= 0.6 is 11.8 Å². The van der Waals surface area contributed by atoms with Crippen LogP contribution in [0.5, 0.6) is 0 Å². The molecule has 0 fully saturated rings. The summed E-state index contributed by atoms with van der Waals surface area (Å²) < 4.78 is 0. The fourth-order valence-electron chi connectivity index (χ4n) is 1.37. The molecule has 6 heteroatoms. The first-order valence-corrected chi connectivity index (χ1v) is 6.18. The van der Waals surface area contributed by atoms with Gasteiger partial charge in [-0.15, -0.1) is 0 Å². The number of benzene rings is 1. The molecule has 0 atom stereocenters. The smallest absolute Gasteiger partial charge is 0.313 e. The molecule has 2 aromatic rings. The lowest BCUT2D eigenvalue weighted by atomic mass is 10.2. The van der Waals surface area contributed by atoms with Gasteiger partial charge in [-0.3, -0.25) is 4.79 Å². The maximum absolute atomic E-state index is 10.5. The van der Waals surface area contributed by atoms with E-state index >= 15 is 0 Å². The Morgan fingerprint density at radius 3 is 2.67 bits per heavy atom. The molecule has 2 rings (SSSR count).